The summed E-state index contributed by atoms with van der Waals surface area (Å²) in [5.74, 6) is 0.384. The number of hydrogen-bond acceptors (Lipinski definition) is 3. The Balaban J connectivity index is 2.53. The van der Waals surface area contributed by atoms with Gasteiger partial charge in [0.05, 0.1) is 6.04 Å². The lowest BCUT2D eigenvalue weighted by Crippen LogP contribution is -2.61. The Morgan fingerprint density at radius 2 is 2.00 bits per heavy atom. The maximum atomic E-state index is 11.8. The van der Waals surface area contributed by atoms with Crippen LogP contribution in [0.25, 0.3) is 0 Å². The van der Waals surface area contributed by atoms with Gasteiger partial charge in [0.2, 0.25) is 0 Å². The van der Waals surface area contributed by atoms with Gasteiger partial charge in [0.15, 0.2) is 0 Å². The minimum absolute atomic E-state index is 0.0428. The lowest BCUT2D eigenvalue weighted by Gasteiger charge is -2.45. The van der Waals surface area contributed by atoms with E-state index in [0.717, 1.165) is 13.0 Å². The molecule has 0 bridgehead atoms. The second-order valence-corrected chi connectivity index (χ2v) is 5.85. The lowest BCUT2D eigenvalue weighted by molar-refractivity contribution is -0.0131. The first-order valence-corrected chi connectivity index (χ1v) is 5.97. The van der Waals surface area contributed by atoms with Crippen LogP contribution in [0.15, 0.2) is 0 Å². The predicted molar refractivity (Wildman–Crippen MR) is 64.2 cm³/mol. The summed E-state index contributed by atoms with van der Waals surface area (Å²) in [5, 5.41) is 0. The van der Waals surface area contributed by atoms with Crippen molar-refractivity contribution in [2.75, 3.05) is 6.54 Å². The van der Waals surface area contributed by atoms with Crippen molar-refractivity contribution >= 4 is 6.09 Å². The normalized spacial score (nSPS) is 22.9. The number of likely N-dealkylation sites (tertiary alicyclic amines) is 1. The summed E-state index contributed by atoms with van der Waals surface area (Å²) in [6, 6.07) is 0.191. The van der Waals surface area contributed by atoms with Gasteiger partial charge in [0.25, 0.3) is 0 Å². The molecule has 0 radical (unpaired) electrons. The Morgan fingerprint density at radius 1 is 1.44 bits per heavy atom. The number of carbonyl (C=O) groups excluding carboxylic acids is 1. The monoisotopic (exact) mass is 228 g/mol. The van der Waals surface area contributed by atoms with E-state index in [1.54, 1.807) is 4.90 Å². The van der Waals surface area contributed by atoms with Crippen LogP contribution in [0.4, 0.5) is 4.79 Å². The molecular weight excluding hydrogens is 204 g/mol. The van der Waals surface area contributed by atoms with Crippen LogP contribution in [0.5, 0.6) is 0 Å². The zero-order valence-corrected chi connectivity index (χ0v) is 11.0. The van der Waals surface area contributed by atoms with E-state index < -0.39 is 5.60 Å². The van der Waals surface area contributed by atoms with Crippen LogP contribution in [-0.2, 0) is 4.74 Å². The first kappa shape index (κ1) is 13.3. The minimum atomic E-state index is -0.431. The van der Waals surface area contributed by atoms with E-state index in [4.69, 9.17) is 10.5 Å². The van der Waals surface area contributed by atoms with Gasteiger partial charge in [-0.15, -0.1) is 0 Å². The van der Waals surface area contributed by atoms with Crippen molar-refractivity contribution < 1.29 is 9.53 Å². The predicted octanol–water partition coefficient (Wildman–Crippen LogP) is 1.98. The first-order chi connectivity index (χ1) is 7.22. The van der Waals surface area contributed by atoms with Gasteiger partial charge in [-0.1, -0.05) is 13.8 Å². The molecule has 1 fully saturated rings. The van der Waals surface area contributed by atoms with E-state index in [1.807, 2.05) is 20.8 Å². The maximum absolute atomic E-state index is 11.8. The van der Waals surface area contributed by atoms with Crippen LogP contribution >= 0.6 is 0 Å². The third-order valence-electron chi connectivity index (χ3n) is 2.91. The quantitative estimate of drug-likeness (QED) is 0.786. The molecular formula is C12H24N2O2. The largest absolute Gasteiger partial charge is 0.444 e. The van der Waals surface area contributed by atoms with Gasteiger partial charge in [-0.3, -0.25) is 0 Å². The summed E-state index contributed by atoms with van der Waals surface area (Å²) in [7, 11) is 0. The Hall–Kier alpha value is -0.770. The van der Waals surface area contributed by atoms with Crippen molar-refractivity contribution in [1.82, 2.24) is 4.90 Å². The molecule has 4 nitrogen and oxygen atoms in total. The van der Waals surface area contributed by atoms with E-state index in [9.17, 15) is 4.79 Å². The van der Waals surface area contributed by atoms with Crippen LogP contribution in [0.1, 0.15) is 41.0 Å². The number of hydrogen-bond donors (Lipinski definition) is 1. The molecule has 1 aliphatic rings. The Morgan fingerprint density at radius 3 is 2.31 bits per heavy atom. The summed E-state index contributed by atoms with van der Waals surface area (Å²) >= 11 is 0. The third-order valence-corrected chi connectivity index (χ3v) is 2.91. The van der Waals surface area contributed by atoms with Crippen molar-refractivity contribution in [3.8, 4) is 0 Å². The molecule has 0 spiro atoms. The van der Waals surface area contributed by atoms with Gasteiger partial charge in [0, 0.05) is 12.6 Å². The molecule has 2 N–H and O–H groups in total. The van der Waals surface area contributed by atoms with E-state index in [-0.39, 0.29) is 18.2 Å². The minimum Gasteiger partial charge on any atom is -0.444 e. The van der Waals surface area contributed by atoms with Crippen molar-refractivity contribution in [3.63, 3.8) is 0 Å². The molecule has 0 aromatic rings. The SMILES string of the molecule is CC(C)C(N)C1CCN1C(=O)OC(C)(C)C. The Labute approximate surface area is 98.1 Å². The summed E-state index contributed by atoms with van der Waals surface area (Å²) in [6.07, 6.45) is 0.748. The number of nitrogens with zero attached hydrogens (tertiary/aromatic N) is 1. The van der Waals surface area contributed by atoms with Gasteiger partial charge in [-0.05, 0) is 33.1 Å². The van der Waals surface area contributed by atoms with Gasteiger partial charge in [0.1, 0.15) is 5.60 Å². The molecule has 2 atom stereocenters. The highest BCUT2D eigenvalue weighted by Crippen LogP contribution is 2.25. The molecule has 0 aromatic carbocycles. The number of nitrogens with two attached hydrogens (primary N) is 1. The molecule has 1 rings (SSSR count). The highest BCUT2D eigenvalue weighted by atomic mass is 16.6. The summed E-state index contributed by atoms with van der Waals surface area (Å²) < 4.78 is 5.33. The second kappa shape index (κ2) is 4.62. The van der Waals surface area contributed by atoms with E-state index in [0.29, 0.717) is 5.92 Å². The molecule has 0 aromatic heterocycles. The van der Waals surface area contributed by atoms with Gasteiger partial charge in [-0.2, -0.15) is 0 Å². The fourth-order valence-electron chi connectivity index (χ4n) is 1.80. The highest BCUT2D eigenvalue weighted by Gasteiger charge is 2.39. The molecule has 16 heavy (non-hydrogen) atoms. The summed E-state index contributed by atoms with van der Waals surface area (Å²) in [5.41, 5.74) is 5.63. The Bertz CT molecular complexity index is 258. The van der Waals surface area contributed by atoms with Crippen molar-refractivity contribution in [2.24, 2.45) is 11.7 Å². The molecule has 0 aliphatic carbocycles. The number of carbonyl (C=O) groups is 1. The molecule has 4 heteroatoms. The van der Waals surface area contributed by atoms with E-state index in [1.165, 1.54) is 0 Å². The van der Waals surface area contributed by atoms with Gasteiger partial charge < -0.3 is 15.4 Å². The molecule has 2 unspecified atom stereocenters. The molecule has 94 valence electrons. The summed E-state index contributed by atoms with van der Waals surface area (Å²) in [4.78, 5) is 13.6. The second-order valence-electron chi connectivity index (χ2n) is 5.85. The van der Waals surface area contributed by atoms with Gasteiger partial charge >= 0.3 is 6.09 Å². The average Bonchev–Trinajstić information content (AvgIpc) is 1.97. The van der Waals surface area contributed by atoms with Crippen molar-refractivity contribution in [1.29, 1.82) is 0 Å². The molecule has 0 saturated carbocycles. The van der Waals surface area contributed by atoms with Crippen molar-refractivity contribution in [3.05, 3.63) is 0 Å². The maximum Gasteiger partial charge on any atom is 0.410 e. The Kier molecular flexibility index (Phi) is 3.84. The number of rotatable bonds is 2. The fraction of sp³-hybridized carbons (Fsp3) is 0.917. The molecule has 1 saturated heterocycles. The van der Waals surface area contributed by atoms with Crippen molar-refractivity contribution in [2.45, 2.75) is 58.7 Å². The zero-order valence-electron chi connectivity index (χ0n) is 11.0. The van der Waals surface area contributed by atoms with E-state index in [2.05, 4.69) is 13.8 Å². The van der Waals surface area contributed by atoms with Crippen LogP contribution in [-0.4, -0.2) is 35.2 Å². The fourth-order valence-corrected chi connectivity index (χ4v) is 1.80. The van der Waals surface area contributed by atoms with Crippen LogP contribution in [0.3, 0.4) is 0 Å². The first-order valence-electron chi connectivity index (χ1n) is 5.97. The third kappa shape index (κ3) is 3.11. The number of amides is 1. The number of ether oxygens (including phenoxy) is 1. The lowest BCUT2D eigenvalue weighted by atomic mass is 9.89. The van der Waals surface area contributed by atoms with Crippen LogP contribution < -0.4 is 5.73 Å². The molecule has 1 amide bonds. The molecule has 1 heterocycles. The molecule has 1 aliphatic heterocycles. The standard InChI is InChI=1S/C12H24N2O2/c1-8(2)10(13)9-6-7-14(9)11(15)16-12(3,4)5/h8-10H,6-7,13H2,1-5H3. The highest BCUT2D eigenvalue weighted by molar-refractivity contribution is 5.69. The van der Waals surface area contributed by atoms with Gasteiger partial charge in [-0.25, -0.2) is 4.79 Å². The summed E-state index contributed by atoms with van der Waals surface area (Å²) in [6.45, 7) is 10.6. The van der Waals surface area contributed by atoms with Crippen LogP contribution in [0, 0.1) is 5.92 Å². The topological polar surface area (TPSA) is 55.6 Å². The average molecular weight is 228 g/mol. The zero-order chi connectivity index (χ0) is 12.5. The van der Waals surface area contributed by atoms with E-state index >= 15 is 0 Å². The smallest absolute Gasteiger partial charge is 0.410 e. The van der Waals surface area contributed by atoms with Crippen LogP contribution in [0.2, 0.25) is 0 Å².